The Bertz CT molecular complexity index is 318. The molecule has 103 valence electrons. The summed E-state index contributed by atoms with van der Waals surface area (Å²) >= 11 is 0. The second-order valence-electron chi connectivity index (χ2n) is 4.79. The number of aryl methyl sites for hydroxylation is 2. The topological polar surface area (TPSA) is 0 Å². The first kappa shape index (κ1) is 18.8. The van der Waals surface area contributed by atoms with Gasteiger partial charge < -0.3 is 0 Å². The predicted octanol–water partition coefficient (Wildman–Crippen LogP) is 5.49. The van der Waals surface area contributed by atoms with E-state index in [1.54, 1.807) is 0 Å². The van der Waals surface area contributed by atoms with Gasteiger partial charge in [-0.25, -0.2) is 24.3 Å². The fraction of sp³-hybridized carbons (Fsp3) is 0.444. The van der Waals surface area contributed by atoms with Gasteiger partial charge in [0.15, 0.2) is 0 Å². The van der Waals surface area contributed by atoms with Gasteiger partial charge >= 0.3 is 0 Å². The molecule has 2 rings (SSSR count). The Balaban J connectivity index is 0.000000324. The fourth-order valence-electron chi connectivity index (χ4n) is 1.92. The van der Waals surface area contributed by atoms with Crippen molar-refractivity contribution in [3.05, 3.63) is 59.7 Å². The van der Waals surface area contributed by atoms with Crippen LogP contribution in [0.4, 0.5) is 0 Å². The number of hydrogen-bond acceptors (Lipinski definition) is 0. The van der Waals surface area contributed by atoms with Gasteiger partial charge in [-0.15, -0.1) is 0 Å². The molecule has 19 heavy (non-hydrogen) atoms. The van der Waals surface area contributed by atoms with Crippen LogP contribution >= 0.6 is 0 Å². The third-order valence-corrected chi connectivity index (χ3v) is 3.10. The zero-order chi connectivity index (χ0) is 13.1. The molecule has 0 aromatic heterocycles. The van der Waals surface area contributed by atoms with E-state index < -0.39 is 0 Å². The number of rotatable bonds is 6. The Morgan fingerprint density at radius 1 is 0.632 bits per heavy atom. The molecule has 2 aromatic rings. The van der Waals surface area contributed by atoms with E-state index in [0.717, 1.165) is 0 Å². The molecule has 0 heterocycles. The van der Waals surface area contributed by atoms with Crippen LogP contribution in [0.1, 0.15) is 50.7 Å². The van der Waals surface area contributed by atoms with Gasteiger partial charge in [-0.3, -0.25) is 0 Å². The van der Waals surface area contributed by atoms with E-state index in [0.29, 0.717) is 0 Å². The molecule has 0 unspecified atom stereocenters. The molecule has 0 bridgehead atoms. The van der Waals surface area contributed by atoms with Gasteiger partial charge in [0.25, 0.3) is 0 Å². The largest absolute Gasteiger partial charge is 0.213 e. The van der Waals surface area contributed by atoms with E-state index in [9.17, 15) is 0 Å². The summed E-state index contributed by atoms with van der Waals surface area (Å²) in [4.78, 5) is 0. The van der Waals surface area contributed by atoms with E-state index in [4.69, 9.17) is 0 Å². The molecule has 0 saturated heterocycles. The Hall–Kier alpha value is -0.196. The second-order valence-corrected chi connectivity index (χ2v) is 4.79. The van der Waals surface area contributed by atoms with Crippen molar-refractivity contribution in [1.82, 2.24) is 0 Å². The van der Waals surface area contributed by atoms with Crippen LogP contribution < -0.4 is 0 Å². The van der Waals surface area contributed by atoms with Crippen molar-refractivity contribution in [1.29, 1.82) is 0 Å². The Morgan fingerprint density at radius 2 is 0.947 bits per heavy atom. The maximum Gasteiger partial charge on any atom is 0 e. The summed E-state index contributed by atoms with van der Waals surface area (Å²) in [6.45, 7) is 4.45. The van der Waals surface area contributed by atoms with Crippen molar-refractivity contribution >= 4 is 0 Å². The van der Waals surface area contributed by atoms with Crippen LogP contribution in [0.15, 0.2) is 48.5 Å². The zero-order valence-corrected chi connectivity index (χ0v) is 15.3. The van der Waals surface area contributed by atoms with Gasteiger partial charge in [0.2, 0.25) is 0 Å². The van der Waals surface area contributed by atoms with Crippen molar-refractivity contribution in [2.75, 3.05) is 0 Å². The van der Waals surface area contributed by atoms with E-state index in [-0.39, 0.29) is 32.7 Å². The molecule has 1 heteroatoms. The molecule has 0 spiro atoms. The van der Waals surface area contributed by atoms with Crippen LogP contribution in [0, 0.1) is 0 Å². The summed E-state index contributed by atoms with van der Waals surface area (Å²) in [7, 11) is 0. The van der Waals surface area contributed by atoms with Crippen LogP contribution in [-0.4, -0.2) is 0 Å². The smallest absolute Gasteiger partial charge is 0 e. The SMILES string of the molecule is CCCC[c-]1cccc1.CCCC[c-]1cccc1.[Y]. The molecule has 0 atom stereocenters. The minimum atomic E-state index is 0. The van der Waals surface area contributed by atoms with E-state index in [1.165, 1.54) is 49.7 Å². The quantitative estimate of drug-likeness (QED) is 0.614. The van der Waals surface area contributed by atoms with Crippen LogP contribution in [0.2, 0.25) is 0 Å². The van der Waals surface area contributed by atoms with Crippen LogP contribution in [0.25, 0.3) is 0 Å². The van der Waals surface area contributed by atoms with Crippen molar-refractivity contribution in [3.8, 4) is 0 Å². The van der Waals surface area contributed by atoms with Gasteiger partial charge in [-0.2, -0.15) is 35.4 Å². The minimum Gasteiger partial charge on any atom is -0.213 e. The van der Waals surface area contributed by atoms with Crippen molar-refractivity contribution < 1.29 is 32.7 Å². The molecule has 1 radical (unpaired) electrons. The first-order valence-corrected chi connectivity index (χ1v) is 7.28. The third kappa shape index (κ3) is 9.35. The predicted molar refractivity (Wildman–Crippen MR) is 81.3 cm³/mol. The Kier molecular flexibility index (Phi) is 12.7. The van der Waals surface area contributed by atoms with Crippen molar-refractivity contribution in [2.24, 2.45) is 0 Å². The number of unbranched alkanes of at least 4 members (excludes halogenated alkanes) is 2. The Morgan fingerprint density at radius 3 is 1.21 bits per heavy atom. The van der Waals surface area contributed by atoms with Gasteiger partial charge in [0, 0.05) is 32.7 Å². The maximum atomic E-state index is 2.23. The average molecular weight is 331 g/mol. The molecule has 0 amide bonds. The van der Waals surface area contributed by atoms with Crippen LogP contribution in [0.5, 0.6) is 0 Å². The molecule has 0 aliphatic carbocycles. The Labute approximate surface area is 144 Å². The molecule has 0 aliphatic heterocycles. The molecule has 0 saturated carbocycles. The van der Waals surface area contributed by atoms with Crippen molar-refractivity contribution in [2.45, 2.75) is 52.4 Å². The molecule has 0 nitrogen and oxygen atoms in total. The molecular weight excluding hydrogens is 305 g/mol. The first-order chi connectivity index (χ1) is 8.86. The van der Waals surface area contributed by atoms with Crippen LogP contribution in [0.3, 0.4) is 0 Å². The molecule has 0 N–H and O–H groups in total. The summed E-state index contributed by atoms with van der Waals surface area (Å²) in [6, 6.07) is 17.2. The normalized spacial score (nSPS) is 9.37. The second kappa shape index (κ2) is 12.8. The monoisotopic (exact) mass is 331 g/mol. The maximum absolute atomic E-state index is 2.23. The summed E-state index contributed by atoms with van der Waals surface area (Å²) < 4.78 is 0. The summed E-state index contributed by atoms with van der Waals surface area (Å²) in [6.07, 6.45) is 7.75. The molecule has 0 aliphatic rings. The fourth-order valence-corrected chi connectivity index (χ4v) is 1.92. The first-order valence-electron chi connectivity index (χ1n) is 7.28. The molecule has 2 aromatic carbocycles. The van der Waals surface area contributed by atoms with E-state index in [1.807, 2.05) is 0 Å². The van der Waals surface area contributed by atoms with E-state index in [2.05, 4.69) is 62.4 Å². The van der Waals surface area contributed by atoms with Gasteiger partial charge in [0.1, 0.15) is 0 Å². The van der Waals surface area contributed by atoms with Crippen molar-refractivity contribution in [3.63, 3.8) is 0 Å². The zero-order valence-electron chi connectivity index (χ0n) is 12.4. The summed E-state index contributed by atoms with van der Waals surface area (Å²) in [5, 5.41) is 0. The van der Waals surface area contributed by atoms with Gasteiger partial charge in [0.05, 0.1) is 0 Å². The standard InChI is InChI=1S/2C9H13.Y/c2*1-2-3-6-9-7-4-5-8-9;/h2*4-5,7-8H,2-3,6H2,1H3;/q2*-1;. The number of hydrogen-bond donors (Lipinski definition) is 0. The van der Waals surface area contributed by atoms with E-state index >= 15 is 0 Å². The third-order valence-electron chi connectivity index (χ3n) is 3.10. The minimum absolute atomic E-state index is 0. The summed E-state index contributed by atoms with van der Waals surface area (Å²) in [5.41, 5.74) is 2.97. The summed E-state index contributed by atoms with van der Waals surface area (Å²) in [5.74, 6) is 0. The van der Waals surface area contributed by atoms with Crippen LogP contribution in [-0.2, 0) is 45.6 Å². The molecular formula is C18H26Y-2. The van der Waals surface area contributed by atoms with Gasteiger partial charge in [-0.05, 0) is 0 Å². The molecule has 0 fully saturated rings. The van der Waals surface area contributed by atoms with Gasteiger partial charge in [-0.1, -0.05) is 52.4 Å². The average Bonchev–Trinajstić information content (AvgIpc) is 3.07.